The molecule has 0 radical (unpaired) electrons. The Balaban J connectivity index is 2.07. The van der Waals surface area contributed by atoms with E-state index in [2.05, 4.69) is 5.32 Å². The maximum Gasteiger partial charge on any atom is 0.329 e. The van der Waals surface area contributed by atoms with Crippen molar-refractivity contribution in [3.63, 3.8) is 0 Å². The van der Waals surface area contributed by atoms with Gasteiger partial charge in [0.25, 0.3) is 5.91 Å². The second-order valence-corrected chi connectivity index (χ2v) is 4.63. The fourth-order valence-electron chi connectivity index (χ4n) is 2.44. The normalized spacial score (nSPS) is 18.6. The summed E-state index contributed by atoms with van der Waals surface area (Å²) in [6.45, 7) is 0.172. The molecule has 1 saturated heterocycles. The number of fused-ring (bicyclic) bond motifs is 1. The second-order valence-electron chi connectivity index (χ2n) is 4.63. The van der Waals surface area contributed by atoms with E-state index in [0.29, 0.717) is 5.69 Å². The lowest BCUT2D eigenvalue weighted by Crippen LogP contribution is -2.34. The number of ether oxygens (including phenoxy) is 1. The first-order chi connectivity index (χ1) is 9.72. The molecule has 2 aromatic carbocycles. The van der Waals surface area contributed by atoms with Gasteiger partial charge in [-0.15, -0.1) is 0 Å². The number of amides is 3. The average Bonchev–Trinajstić information content (AvgIpc) is 2.74. The molecule has 5 nitrogen and oxygen atoms in total. The Labute approximate surface area is 116 Å². The van der Waals surface area contributed by atoms with E-state index in [1.807, 2.05) is 36.4 Å². The predicted molar refractivity (Wildman–Crippen MR) is 75.6 cm³/mol. The molecule has 1 aliphatic rings. The first-order valence-corrected chi connectivity index (χ1v) is 6.33. The fraction of sp³-hybridized carbons (Fsp3) is 0.200. The first-order valence-electron chi connectivity index (χ1n) is 6.33. The van der Waals surface area contributed by atoms with Gasteiger partial charge in [0.05, 0.1) is 12.3 Å². The Bertz CT molecular complexity index is 678. The number of urea groups is 1. The van der Waals surface area contributed by atoms with E-state index >= 15 is 0 Å². The minimum Gasteiger partial charge on any atom is -0.382 e. The van der Waals surface area contributed by atoms with E-state index in [1.54, 1.807) is 6.07 Å². The lowest BCUT2D eigenvalue weighted by molar-refractivity contribution is -0.119. The van der Waals surface area contributed by atoms with Crippen molar-refractivity contribution >= 4 is 28.4 Å². The SMILES string of the molecule is COC[C@H]1NC(=O)N(c2cccc3ccccc23)C1=O. The van der Waals surface area contributed by atoms with Crippen molar-refractivity contribution in [2.75, 3.05) is 18.6 Å². The van der Waals surface area contributed by atoms with Crippen molar-refractivity contribution in [2.24, 2.45) is 0 Å². The molecule has 1 heterocycles. The van der Waals surface area contributed by atoms with Crippen molar-refractivity contribution in [3.05, 3.63) is 42.5 Å². The van der Waals surface area contributed by atoms with Gasteiger partial charge < -0.3 is 10.1 Å². The fourth-order valence-corrected chi connectivity index (χ4v) is 2.44. The molecule has 0 unspecified atom stereocenters. The molecule has 1 fully saturated rings. The topological polar surface area (TPSA) is 58.6 Å². The van der Waals surface area contributed by atoms with Crippen LogP contribution in [0.3, 0.4) is 0 Å². The highest BCUT2D eigenvalue weighted by atomic mass is 16.5. The first kappa shape index (κ1) is 12.6. The zero-order chi connectivity index (χ0) is 14.1. The molecule has 0 saturated carbocycles. The Kier molecular flexibility index (Phi) is 3.12. The number of carbonyl (C=O) groups is 2. The van der Waals surface area contributed by atoms with Crippen molar-refractivity contribution in [1.82, 2.24) is 5.32 Å². The highest BCUT2D eigenvalue weighted by molar-refractivity contribution is 6.24. The second kappa shape index (κ2) is 4.94. The predicted octanol–water partition coefficient (Wildman–Crippen LogP) is 1.91. The summed E-state index contributed by atoms with van der Waals surface area (Å²) in [5.74, 6) is -0.284. The number of nitrogens with zero attached hydrogens (tertiary/aromatic N) is 1. The lowest BCUT2D eigenvalue weighted by Gasteiger charge is -2.15. The van der Waals surface area contributed by atoms with E-state index < -0.39 is 12.1 Å². The molecular formula is C15H14N2O3. The van der Waals surface area contributed by atoms with E-state index in [0.717, 1.165) is 10.8 Å². The van der Waals surface area contributed by atoms with Crippen molar-refractivity contribution < 1.29 is 14.3 Å². The molecule has 0 bridgehead atoms. The lowest BCUT2D eigenvalue weighted by atomic mass is 10.1. The third-order valence-corrected chi connectivity index (χ3v) is 3.36. The average molecular weight is 270 g/mol. The molecule has 1 atom stereocenters. The van der Waals surface area contributed by atoms with Crippen LogP contribution in [0.4, 0.5) is 10.5 Å². The standard InChI is InChI=1S/C15H14N2O3/c1-20-9-12-14(18)17(15(19)16-12)13-8-4-6-10-5-2-3-7-11(10)13/h2-8,12H,9H2,1H3,(H,16,19)/t12-/m1/s1. The summed E-state index contributed by atoms with van der Waals surface area (Å²) in [6.07, 6.45) is 0. The quantitative estimate of drug-likeness (QED) is 0.867. The van der Waals surface area contributed by atoms with Crippen LogP contribution in [0.1, 0.15) is 0 Å². The van der Waals surface area contributed by atoms with Crippen LogP contribution in [-0.4, -0.2) is 31.7 Å². The minimum absolute atomic E-state index is 0.172. The molecular weight excluding hydrogens is 256 g/mol. The summed E-state index contributed by atoms with van der Waals surface area (Å²) < 4.78 is 4.95. The largest absolute Gasteiger partial charge is 0.382 e. The smallest absolute Gasteiger partial charge is 0.329 e. The van der Waals surface area contributed by atoms with Crippen LogP contribution in [0, 0.1) is 0 Å². The Morgan fingerprint density at radius 2 is 1.90 bits per heavy atom. The number of rotatable bonds is 3. The summed E-state index contributed by atoms with van der Waals surface area (Å²) in [5.41, 5.74) is 0.601. The van der Waals surface area contributed by atoms with Gasteiger partial charge >= 0.3 is 6.03 Å². The maximum atomic E-state index is 12.3. The number of methoxy groups -OCH3 is 1. The molecule has 0 spiro atoms. The van der Waals surface area contributed by atoms with Gasteiger partial charge in [0.2, 0.25) is 0 Å². The van der Waals surface area contributed by atoms with Crippen LogP contribution >= 0.6 is 0 Å². The van der Waals surface area contributed by atoms with Gasteiger partial charge in [-0.05, 0) is 11.5 Å². The summed E-state index contributed by atoms with van der Waals surface area (Å²) in [4.78, 5) is 25.6. The van der Waals surface area contributed by atoms with Gasteiger partial charge in [0, 0.05) is 12.5 Å². The Morgan fingerprint density at radius 1 is 1.15 bits per heavy atom. The maximum absolute atomic E-state index is 12.3. The number of benzene rings is 2. The highest BCUT2D eigenvalue weighted by Gasteiger charge is 2.39. The Morgan fingerprint density at radius 3 is 2.70 bits per heavy atom. The van der Waals surface area contributed by atoms with Gasteiger partial charge in [-0.25, -0.2) is 9.69 Å². The van der Waals surface area contributed by atoms with Gasteiger partial charge in [-0.1, -0.05) is 36.4 Å². The zero-order valence-electron chi connectivity index (χ0n) is 11.0. The number of hydrogen-bond donors (Lipinski definition) is 1. The van der Waals surface area contributed by atoms with Crippen LogP contribution in [0.5, 0.6) is 0 Å². The molecule has 0 aliphatic carbocycles. The third kappa shape index (κ3) is 1.92. The number of imide groups is 1. The highest BCUT2D eigenvalue weighted by Crippen LogP contribution is 2.29. The van der Waals surface area contributed by atoms with Gasteiger partial charge in [-0.2, -0.15) is 0 Å². The third-order valence-electron chi connectivity index (χ3n) is 3.36. The number of hydrogen-bond acceptors (Lipinski definition) is 3. The van der Waals surface area contributed by atoms with Gasteiger partial charge in [0.15, 0.2) is 0 Å². The van der Waals surface area contributed by atoms with Crippen molar-refractivity contribution in [3.8, 4) is 0 Å². The molecule has 2 aromatic rings. The minimum atomic E-state index is -0.619. The molecule has 102 valence electrons. The molecule has 5 heteroatoms. The van der Waals surface area contributed by atoms with Crippen LogP contribution in [0.25, 0.3) is 10.8 Å². The van der Waals surface area contributed by atoms with E-state index in [9.17, 15) is 9.59 Å². The Hall–Kier alpha value is -2.40. The van der Waals surface area contributed by atoms with Crippen LogP contribution in [0.15, 0.2) is 42.5 Å². The summed E-state index contributed by atoms with van der Waals surface area (Å²) in [6, 6.07) is 12.2. The van der Waals surface area contributed by atoms with Crippen molar-refractivity contribution in [1.29, 1.82) is 0 Å². The van der Waals surface area contributed by atoms with Crippen molar-refractivity contribution in [2.45, 2.75) is 6.04 Å². The van der Waals surface area contributed by atoms with Crippen LogP contribution in [-0.2, 0) is 9.53 Å². The molecule has 3 amide bonds. The summed E-state index contributed by atoms with van der Waals surface area (Å²) in [5, 5.41) is 4.49. The molecule has 0 aromatic heterocycles. The molecule has 1 aliphatic heterocycles. The molecule has 20 heavy (non-hydrogen) atoms. The summed E-state index contributed by atoms with van der Waals surface area (Å²) in [7, 11) is 1.50. The van der Waals surface area contributed by atoms with E-state index in [1.165, 1.54) is 12.0 Å². The summed E-state index contributed by atoms with van der Waals surface area (Å²) >= 11 is 0. The molecule has 1 N–H and O–H groups in total. The molecule has 3 rings (SSSR count). The van der Waals surface area contributed by atoms with Crippen LogP contribution < -0.4 is 10.2 Å². The van der Waals surface area contributed by atoms with E-state index in [4.69, 9.17) is 4.74 Å². The monoisotopic (exact) mass is 270 g/mol. The number of nitrogens with one attached hydrogen (secondary N) is 1. The number of carbonyl (C=O) groups excluding carboxylic acids is 2. The number of anilines is 1. The van der Waals surface area contributed by atoms with Crippen LogP contribution in [0.2, 0.25) is 0 Å². The van der Waals surface area contributed by atoms with Gasteiger partial charge in [-0.3, -0.25) is 4.79 Å². The van der Waals surface area contributed by atoms with E-state index in [-0.39, 0.29) is 12.5 Å². The zero-order valence-corrected chi connectivity index (χ0v) is 11.0. The van der Waals surface area contributed by atoms with Gasteiger partial charge in [0.1, 0.15) is 6.04 Å².